The summed E-state index contributed by atoms with van der Waals surface area (Å²) in [5, 5.41) is 0. The predicted molar refractivity (Wildman–Crippen MR) is 225 cm³/mol. The number of rotatable bonds is 43. The van der Waals surface area contributed by atoms with Gasteiger partial charge in [0.1, 0.15) is 0 Å². The first-order valence-electron chi connectivity index (χ1n) is 23.6. The van der Waals surface area contributed by atoms with Gasteiger partial charge in [-0.1, -0.05) is 264 Å². The van der Waals surface area contributed by atoms with Gasteiger partial charge in [-0.2, -0.15) is 0 Å². The van der Waals surface area contributed by atoms with E-state index in [1.165, 1.54) is 250 Å². The van der Waals surface area contributed by atoms with Crippen molar-refractivity contribution in [2.45, 2.75) is 284 Å². The summed E-state index contributed by atoms with van der Waals surface area (Å²) >= 11 is 0. The zero-order chi connectivity index (χ0) is 36.3. The van der Waals surface area contributed by atoms with Gasteiger partial charge in [-0.15, -0.1) is 0 Å². The molecule has 0 N–H and O–H groups in total. The number of carbonyl (C=O) groups excluding carboxylic acids is 1. The standard InChI is InChI=1S/C48H94O2/c1-4-6-8-10-12-14-16-18-20-22-24-26-27-29-31-33-35-37-39-41-43-45-47(3)48(49)50-46-44-42-40-38-36-34-32-30-28-25-23-21-19-17-15-13-11-9-7-5-2/h45H,4-44,46H2,1-3H3. The van der Waals surface area contributed by atoms with E-state index in [9.17, 15) is 4.79 Å². The molecule has 2 heteroatoms. The lowest BCUT2D eigenvalue weighted by Crippen LogP contribution is -2.07. The van der Waals surface area contributed by atoms with Gasteiger partial charge in [-0.3, -0.25) is 0 Å². The Labute approximate surface area is 316 Å². The molecule has 0 fully saturated rings. The zero-order valence-electron chi connectivity index (χ0n) is 35.1. The van der Waals surface area contributed by atoms with Gasteiger partial charge in [0.05, 0.1) is 6.61 Å². The third-order valence-corrected chi connectivity index (χ3v) is 11.1. The molecule has 0 saturated heterocycles. The molecule has 0 bridgehead atoms. The van der Waals surface area contributed by atoms with Crippen LogP contribution in [0.3, 0.4) is 0 Å². The molecule has 0 aliphatic rings. The summed E-state index contributed by atoms with van der Waals surface area (Å²) in [5.74, 6) is -0.101. The van der Waals surface area contributed by atoms with Crippen molar-refractivity contribution in [1.82, 2.24) is 0 Å². The fraction of sp³-hybridized carbons (Fsp3) is 0.938. The highest BCUT2D eigenvalue weighted by Gasteiger charge is 2.05. The normalized spacial score (nSPS) is 11.9. The summed E-state index contributed by atoms with van der Waals surface area (Å²) in [6.45, 7) is 7.11. The van der Waals surface area contributed by atoms with Crippen molar-refractivity contribution in [3.63, 3.8) is 0 Å². The van der Waals surface area contributed by atoms with Gasteiger partial charge in [0.15, 0.2) is 0 Å². The van der Waals surface area contributed by atoms with Gasteiger partial charge in [0.25, 0.3) is 0 Å². The van der Waals surface area contributed by atoms with E-state index in [0.717, 1.165) is 18.4 Å². The van der Waals surface area contributed by atoms with Crippen molar-refractivity contribution >= 4 is 5.97 Å². The van der Waals surface area contributed by atoms with E-state index in [1.54, 1.807) is 0 Å². The van der Waals surface area contributed by atoms with Gasteiger partial charge in [0.2, 0.25) is 0 Å². The average Bonchev–Trinajstić information content (AvgIpc) is 3.12. The summed E-state index contributed by atoms with van der Waals surface area (Å²) in [6.07, 6.45) is 59.2. The molecular weight excluding hydrogens is 609 g/mol. The predicted octanol–water partition coefficient (Wildman–Crippen LogP) is 17.5. The van der Waals surface area contributed by atoms with Crippen molar-refractivity contribution in [3.05, 3.63) is 11.6 Å². The van der Waals surface area contributed by atoms with E-state index in [1.807, 2.05) is 6.92 Å². The first-order chi connectivity index (χ1) is 24.7. The number of hydrogen-bond donors (Lipinski definition) is 0. The molecule has 0 aliphatic carbocycles. The summed E-state index contributed by atoms with van der Waals surface area (Å²) < 4.78 is 5.53. The second-order valence-corrected chi connectivity index (χ2v) is 16.2. The van der Waals surface area contributed by atoms with Crippen LogP contribution in [0.2, 0.25) is 0 Å². The lowest BCUT2D eigenvalue weighted by atomic mass is 10.0. The highest BCUT2D eigenvalue weighted by Crippen LogP contribution is 2.17. The molecule has 0 heterocycles. The number of unbranched alkanes of at least 4 members (excludes halogenated alkanes) is 39. The Bertz CT molecular complexity index is 667. The number of ether oxygens (including phenoxy) is 1. The summed E-state index contributed by atoms with van der Waals surface area (Å²) in [4.78, 5) is 12.3. The van der Waals surface area contributed by atoms with Gasteiger partial charge < -0.3 is 4.74 Å². The van der Waals surface area contributed by atoms with E-state index >= 15 is 0 Å². The molecule has 0 aromatic heterocycles. The van der Waals surface area contributed by atoms with Crippen LogP contribution < -0.4 is 0 Å². The molecule has 298 valence electrons. The van der Waals surface area contributed by atoms with Crippen LogP contribution in [0.15, 0.2) is 11.6 Å². The lowest BCUT2D eigenvalue weighted by molar-refractivity contribution is -0.139. The first-order valence-corrected chi connectivity index (χ1v) is 23.6. The minimum atomic E-state index is -0.101. The molecule has 0 aliphatic heterocycles. The molecule has 2 nitrogen and oxygen atoms in total. The van der Waals surface area contributed by atoms with E-state index in [0.29, 0.717) is 6.61 Å². The fourth-order valence-corrected chi connectivity index (χ4v) is 7.44. The smallest absolute Gasteiger partial charge is 0.333 e. The quantitative estimate of drug-likeness (QED) is 0.0359. The second kappa shape index (κ2) is 44.4. The lowest BCUT2D eigenvalue weighted by Gasteiger charge is -2.06. The SMILES string of the molecule is CCCCCCCCCCCCCCCCCCCCCCC=C(C)C(=O)OCCCCCCCCCCCCCCCCCCCCCC. The van der Waals surface area contributed by atoms with Gasteiger partial charge in [0, 0.05) is 5.57 Å². The second-order valence-electron chi connectivity index (χ2n) is 16.2. The van der Waals surface area contributed by atoms with Gasteiger partial charge in [-0.25, -0.2) is 4.79 Å². The topological polar surface area (TPSA) is 26.3 Å². The largest absolute Gasteiger partial charge is 0.462 e. The Hall–Kier alpha value is -0.790. The maximum atomic E-state index is 12.3. The van der Waals surface area contributed by atoms with Crippen LogP contribution in [0, 0.1) is 0 Å². The zero-order valence-corrected chi connectivity index (χ0v) is 35.1. The molecule has 0 atom stereocenters. The monoisotopic (exact) mass is 703 g/mol. The van der Waals surface area contributed by atoms with Crippen LogP contribution >= 0.6 is 0 Å². The van der Waals surface area contributed by atoms with Gasteiger partial charge >= 0.3 is 5.97 Å². The molecule has 0 amide bonds. The van der Waals surface area contributed by atoms with Crippen LogP contribution in [-0.4, -0.2) is 12.6 Å². The summed E-state index contributed by atoms with van der Waals surface area (Å²) in [7, 11) is 0. The van der Waals surface area contributed by atoms with Crippen LogP contribution in [0.5, 0.6) is 0 Å². The molecule has 0 spiro atoms. The first kappa shape index (κ1) is 49.2. The number of esters is 1. The third kappa shape index (κ3) is 41.6. The Morgan fingerprint density at radius 3 is 0.820 bits per heavy atom. The van der Waals surface area contributed by atoms with Crippen molar-refractivity contribution in [3.8, 4) is 0 Å². The maximum absolute atomic E-state index is 12.3. The molecule has 0 unspecified atom stereocenters. The van der Waals surface area contributed by atoms with Crippen LogP contribution in [0.1, 0.15) is 284 Å². The Balaban J connectivity index is 3.30. The Morgan fingerprint density at radius 1 is 0.340 bits per heavy atom. The van der Waals surface area contributed by atoms with Crippen molar-refractivity contribution in [2.24, 2.45) is 0 Å². The number of hydrogen-bond acceptors (Lipinski definition) is 2. The summed E-state index contributed by atoms with van der Waals surface area (Å²) in [5.41, 5.74) is 0.802. The Morgan fingerprint density at radius 2 is 0.560 bits per heavy atom. The highest BCUT2D eigenvalue weighted by atomic mass is 16.5. The molecule has 0 radical (unpaired) electrons. The van der Waals surface area contributed by atoms with Crippen molar-refractivity contribution in [2.75, 3.05) is 6.61 Å². The van der Waals surface area contributed by atoms with Crippen LogP contribution in [0.4, 0.5) is 0 Å². The summed E-state index contributed by atoms with van der Waals surface area (Å²) in [6, 6.07) is 0. The van der Waals surface area contributed by atoms with Crippen LogP contribution in [0.25, 0.3) is 0 Å². The Kier molecular flexibility index (Phi) is 43.7. The molecule has 0 saturated carbocycles. The van der Waals surface area contributed by atoms with Gasteiger partial charge in [-0.05, 0) is 26.2 Å². The molecular formula is C48H94O2. The van der Waals surface area contributed by atoms with E-state index in [4.69, 9.17) is 4.74 Å². The van der Waals surface area contributed by atoms with Crippen LogP contribution in [-0.2, 0) is 9.53 Å². The van der Waals surface area contributed by atoms with Crippen molar-refractivity contribution < 1.29 is 9.53 Å². The molecule has 0 aromatic carbocycles. The minimum Gasteiger partial charge on any atom is -0.462 e. The average molecular weight is 703 g/mol. The fourth-order valence-electron chi connectivity index (χ4n) is 7.44. The van der Waals surface area contributed by atoms with E-state index in [-0.39, 0.29) is 5.97 Å². The molecule has 50 heavy (non-hydrogen) atoms. The maximum Gasteiger partial charge on any atom is 0.333 e. The van der Waals surface area contributed by atoms with E-state index in [2.05, 4.69) is 19.9 Å². The van der Waals surface area contributed by atoms with Crippen molar-refractivity contribution in [1.29, 1.82) is 0 Å². The highest BCUT2D eigenvalue weighted by molar-refractivity contribution is 5.87. The number of carbonyl (C=O) groups is 1. The molecule has 0 rings (SSSR count). The molecule has 0 aromatic rings. The van der Waals surface area contributed by atoms with E-state index < -0.39 is 0 Å². The minimum absolute atomic E-state index is 0.101. The number of allylic oxidation sites excluding steroid dienone is 1. The third-order valence-electron chi connectivity index (χ3n) is 11.1.